The van der Waals surface area contributed by atoms with Crippen LogP contribution >= 0.6 is 0 Å². The SMILES string of the molecule is CC.CC.CCC(C)(C)C.CCCC(C)(C)C. The summed E-state index contributed by atoms with van der Waals surface area (Å²) in [6.45, 7) is 26.0. The van der Waals surface area contributed by atoms with Crippen LogP contribution < -0.4 is 0 Å². The van der Waals surface area contributed by atoms with Crippen LogP contribution in [-0.4, -0.2) is 0 Å². The van der Waals surface area contributed by atoms with Gasteiger partial charge in [-0.25, -0.2) is 0 Å². The van der Waals surface area contributed by atoms with Crippen molar-refractivity contribution in [2.75, 3.05) is 0 Å². The molecular weight excluding hydrogens is 204 g/mol. The van der Waals surface area contributed by atoms with Gasteiger partial charge < -0.3 is 0 Å². The van der Waals surface area contributed by atoms with E-state index in [4.69, 9.17) is 0 Å². The number of rotatable bonds is 1. The molecule has 0 aliphatic heterocycles. The fourth-order valence-corrected chi connectivity index (χ4v) is 0.750. The van der Waals surface area contributed by atoms with Gasteiger partial charge in [-0.3, -0.25) is 0 Å². The van der Waals surface area contributed by atoms with E-state index in [2.05, 4.69) is 55.4 Å². The van der Waals surface area contributed by atoms with Crippen molar-refractivity contribution >= 4 is 0 Å². The lowest BCUT2D eigenvalue weighted by Gasteiger charge is -2.15. The molecule has 0 bridgehead atoms. The van der Waals surface area contributed by atoms with E-state index in [-0.39, 0.29) is 0 Å². The van der Waals surface area contributed by atoms with E-state index in [1.165, 1.54) is 19.3 Å². The van der Waals surface area contributed by atoms with Crippen LogP contribution in [0.25, 0.3) is 0 Å². The Labute approximate surface area is 114 Å². The predicted octanol–water partition coefficient (Wildman–Crippen LogP) is 7.33. The Kier molecular flexibility index (Phi) is 24.2. The average Bonchev–Trinajstić information content (AvgIpc) is 2.22. The summed E-state index contributed by atoms with van der Waals surface area (Å²) in [4.78, 5) is 0. The van der Waals surface area contributed by atoms with Gasteiger partial charge in [-0.15, -0.1) is 0 Å². The molecule has 0 amide bonds. The molecule has 0 heterocycles. The van der Waals surface area contributed by atoms with E-state index in [0.29, 0.717) is 10.8 Å². The first kappa shape index (κ1) is 25.8. The Balaban J connectivity index is -0.0000000772. The summed E-state index contributed by atoms with van der Waals surface area (Å²) < 4.78 is 0. The summed E-state index contributed by atoms with van der Waals surface area (Å²) in [5, 5.41) is 0. The molecule has 0 saturated heterocycles. The first-order valence-electron chi connectivity index (χ1n) is 7.62. The van der Waals surface area contributed by atoms with Crippen LogP contribution in [-0.2, 0) is 0 Å². The van der Waals surface area contributed by atoms with E-state index >= 15 is 0 Å². The molecule has 17 heavy (non-hydrogen) atoms. The van der Waals surface area contributed by atoms with Crippen LogP contribution in [0.4, 0.5) is 0 Å². The Hall–Kier alpha value is 0. The molecule has 0 atom stereocenters. The van der Waals surface area contributed by atoms with Gasteiger partial charge in [-0.1, -0.05) is 95.9 Å². The number of hydrogen-bond donors (Lipinski definition) is 0. The highest BCUT2D eigenvalue weighted by Crippen LogP contribution is 2.19. The third-order valence-corrected chi connectivity index (χ3v) is 2.06. The van der Waals surface area contributed by atoms with Gasteiger partial charge in [-0.05, 0) is 17.3 Å². The Bertz CT molecular complexity index is 98.2. The fraction of sp³-hybridized carbons (Fsp3) is 1.00. The van der Waals surface area contributed by atoms with Crippen molar-refractivity contribution in [3.05, 3.63) is 0 Å². The lowest BCUT2D eigenvalue weighted by Crippen LogP contribution is -2.02. The topological polar surface area (TPSA) is 0 Å². The molecule has 0 heteroatoms. The van der Waals surface area contributed by atoms with Crippen LogP contribution in [0.2, 0.25) is 0 Å². The van der Waals surface area contributed by atoms with E-state index in [9.17, 15) is 0 Å². The van der Waals surface area contributed by atoms with Crippen molar-refractivity contribution in [2.24, 2.45) is 10.8 Å². The maximum absolute atomic E-state index is 2.27. The Morgan fingerprint density at radius 3 is 0.824 bits per heavy atom. The minimum absolute atomic E-state index is 0.542. The molecule has 0 aromatic heterocycles. The highest BCUT2D eigenvalue weighted by atomic mass is 14.1. The van der Waals surface area contributed by atoms with Crippen molar-refractivity contribution in [3.63, 3.8) is 0 Å². The Morgan fingerprint density at radius 2 is 0.824 bits per heavy atom. The molecule has 0 aromatic carbocycles. The van der Waals surface area contributed by atoms with Crippen molar-refractivity contribution < 1.29 is 0 Å². The molecule has 0 radical (unpaired) electrons. The molecule has 0 rings (SSSR count). The summed E-state index contributed by atoms with van der Waals surface area (Å²) in [6.07, 6.45) is 3.92. The first-order valence-corrected chi connectivity index (χ1v) is 7.62. The standard InChI is InChI=1S/C7H16.C6H14.2C2H6/c1-5-6-7(2,3)4;1-5-6(2,3)4;2*1-2/h5-6H2,1-4H3;5H2,1-4H3;2*1-2H3. The van der Waals surface area contributed by atoms with E-state index < -0.39 is 0 Å². The molecule has 0 nitrogen and oxygen atoms in total. The second-order valence-electron chi connectivity index (χ2n) is 6.22. The van der Waals surface area contributed by atoms with Gasteiger partial charge in [0.2, 0.25) is 0 Å². The van der Waals surface area contributed by atoms with Gasteiger partial charge in [0.25, 0.3) is 0 Å². The van der Waals surface area contributed by atoms with Crippen molar-refractivity contribution in [1.29, 1.82) is 0 Å². The maximum atomic E-state index is 2.27. The van der Waals surface area contributed by atoms with Crippen LogP contribution in [0.5, 0.6) is 0 Å². The minimum Gasteiger partial charge on any atom is -0.0683 e. The van der Waals surface area contributed by atoms with Crippen molar-refractivity contribution in [1.82, 2.24) is 0 Å². The molecule has 0 fully saturated rings. The van der Waals surface area contributed by atoms with Gasteiger partial charge in [0, 0.05) is 0 Å². The van der Waals surface area contributed by atoms with Gasteiger partial charge >= 0.3 is 0 Å². The molecule has 0 aromatic rings. The summed E-state index contributed by atoms with van der Waals surface area (Å²) in [5.41, 5.74) is 1.09. The van der Waals surface area contributed by atoms with Gasteiger partial charge in [0.15, 0.2) is 0 Å². The first-order chi connectivity index (χ1) is 7.62. The molecule has 110 valence electrons. The second kappa shape index (κ2) is 16.0. The van der Waals surface area contributed by atoms with Crippen LogP contribution in [0.1, 0.15) is 102 Å². The molecule has 0 unspecified atom stereocenters. The summed E-state index contributed by atoms with van der Waals surface area (Å²) >= 11 is 0. The average molecular weight is 247 g/mol. The molecule has 0 aliphatic carbocycles. The third-order valence-electron chi connectivity index (χ3n) is 2.06. The van der Waals surface area contributed by atoms with Crippen LogP contribution in [0.3, 0.4) is 0 Å². The zero-order valence-corrected chi connectivity index (χ0v) is 15.1. The third kappa shape index (κ3) is 64.0. The fourth-order valence-electron chi connectivity index (χ4n) is 0.750. The smallest absolute Gasteiger partial charge is 0.0383 e. The highest BCUT2D eigenvalue weighted by Gasteiger charge is 2.06. The van der Waals surface area contributed by atoms with E-state index in [1.807, 2.05) is 27.7 Å². The van der Waals surface area contributed by atoms with E-state index in [0.717, 1.165) is 0 Å². The normalized spacial score (nSPS) is 9.88. The molecular formula is C17H42. The molecule has 0 aliphatic rings. The summed E-state index contributed by atoms with van der Waals surface area (Å²) in [7, 11) is 0. The molecule has 0 N–H and O–H groups in total. The monoisotopic (exact) mass is 246 g/mol. The second-order valence-corrected chi connectivity index (χ2v) is 6.22. The quantitative estimate of drug-likeness (QED) is 0.454. The largest absolute Gasteiger partial charge is 0.0683 e. The predicted molar refractivity (Wildman–Crippen MR) is 86.8 cm³/mol. The molecule has 0 saturated carbocycles. The highest BCUT2D eigenvalue weighted by molar-refractivity contribution is 4.58. The lowest BCUT2D eigenvalue weighted by atomic mass is 9.91. The zero-order valence-electron chi connectivity index (χ0n) is 15.1. The summed E-state index contributed by atoms with van der Waals surface area (Å²) in [5.74, 6) is 0. The van der Waals surface area contributed by atoms with Crippen molar-refractivity contribution in [3.8, 4) is 0 Å². The van der Waals surface area contributed by atoms with Gasteiger partial charge in [0.1, 0.15) is 0 Å². The zero-order chi connectivity index (χ0) is 15.1. The molecule has 0 spiro atoms. The minimum atomic E-state index is 0.542. The van der Waals surface area contributed by atoms with Crippen LogP contribution in [0.15, 0.2) is 0 Å². The maximum Gasteiger partial charge on any atom is -0.0383 e. The number of hydrogen-bond acceptors (Lipinski definition) is 0. The van der Waals surface area contributed by atoms with Crippen LogP contribution in [0, 0.1) is 10.8 Å². The van der Waals surface area contributed by atoms with Crippen molar-refractivity contribution in [2.45, 2.75) is 102 Å². The Morgan fingerprint density at radius 1 is 0.588 bits per heavy atom. The van der Waals surface area contributed by atoms with E-state index in [1.54, 1.807) is 0 Å². The van der Waals surface area contributed by atoms with Gasteiger partial charge in [0.05, 0.1) is 0 Å². The lowest BCUT2D eigenvalue weighted by molar-refractivity contribution is 0.373. The summed E-state index contributed by atoms with van der Waals surface area (Å²) in [6, 6.07) is 0. The van der Waals surface area contributed by atoms with Gasteiger partial charge in [-0.2, -0.15) is 0 Å².